The van der Waals surface area contributed by atoms with E-state index in [1.807, 2.05) is 36.4 Å². The third-order valence-electron chi connectivity index (χ3n) is 4.28. The SMILES string of the molecule is CCCCOc1ccc(-c2cccc(-c3ccc(C(=O)O)cc3)c2)cc1. The number of benzene rings is 3. The fourth-order valence-corrected chi connectivity index (χ4v) is 2.76. The van der Waals surface area contributed by atoms with E-state index in [4.69, 9.17) is 9.84 Å². The lowest BCUT2D eigenvalue weighted by molar-refractivity contribution is 0.0697. The lowest BCUT2D eigenvalue weighted by atomic mass is 9.98. The van der Waals surface area contributed by atoms with Gasteiger partial charge in [-0.2, -0.15) is 0 Å². The maximum atomic E-state index is 11.0. The third-order valence-corrected chi connectivity index (χ3v) is 4.28. The summed E-state index contributed by atoms with van der Waals surface area (Å²) in [5.74, 6) is -0.0193. The summed E-state index contributed by atoms with van der Waals surface area (Å²) in [7, 11) is 0. The molecule has 0 aromatic heterocycles. The van der Waals surface area contributed by atoms with Crippen molar-refractivity contribution >= 4 is 5.97 Å². The number of hydrogen-bond donors (Lipinski definition) is 1. The molecule has 0 aliphatic carbocycles. The van der Waals surface area contributed by atoms with Gasteiger partial charge in [-0.15, -0.1) is 0 Å². The van der Waals surface area contributed by atoms with Gasteiger partial charge in [-0.3, -0.25) is 0 Å². The molecule has 132 valence electrons. The second-order valence-electron chi connectivity index (χ2n) is 6.19. The van der Waals surface area contributed by atoms with Crippen LogP contribution in [0.1, 0.15) is 30.1 Å². The van der Waals surface area contributed by atoms with Gasteiger partial charge in [0.05, 0.1) is 12.2 Å². The highest BCUT2D eigenvalue weighted by molar-refractivity contribution is 5.88. The number of carbonyl (C=O) groups is 1. The van der Waals surface area contributed by atoms with Crippen LogP contribution in [0.25, 0.3) is 22.3 Å². The molecule has 0 saturated carbocycles. The normalized spacial score (nSPS) is 10.5. The Labute approximate surface area is 153 Å². The van der Waals surface area contributed by atoms with Gasteiger partial charge in [-0.05, 0) is 59.0 Å². The number of aromatic carboxylic acids is 1. The van der Waals surface area contributed by atoms with E-state index in [9.17, 15) is 4.79 Å². The van der Waals surface area contributed by atoms with Crippen molar-refractivity contribution in [2.24, 2.45) is 0 Å². The fraction of sp³-hybridized carbons (Fsp3) is 0.174. The highest BCUT2D eigenvalue weighted by Crippen LogP contribution is 2.28. The van der Waals surface area contributed by atoms with E-state index in [1.165, 1.54) is 0 Å². The van der Waals surface area contributed by atoms with Gasteiger partial charge in [-0.25, -0.2) is 4.79 Å². The van der Waals surface area contributed by atoms with Gasteiger partial charge >= 0.3 is 5.97 Å². The Morgan fingerprint density at radius 2 is 1.42 bits per heavy atom. The molecule has 0 spiro atoms. The second kappa shape index (κ2) is 8.34. The Morgan fingerprint density at radius 3 is 1.96 bits per heavy atom. The molecule has 0 atom stereocenters. The van der Waals surface area contributed by atoms with E-state index in [2.05, 4.69) is 31.2 Å². The summed E-state index contributed by atoms with van der Waals surface area (Å²) in [6.07, 6.45) is 2.18. The summed E-state index contributed by atoms with van der Waals surface area (Å²) in [4.78, 5) is 11.0. The number of rotatable bonds is 7. The zero-order chi connectivity index (χ0) is 18.4. The van der Waals surface area contributed by atoms with Crippen molar-refractivity contribution in [3.63, 3.8) is 0 Å². The van der Waals surface area contributed by atoms with E-state index in [0.717, 1.165) is 47.5 Å². The average Bonchev–Trinajstić information content (AvgIpc) is 2.69. The van der Waals surface area contributed by atoms with E-state index in [0.29, 0.717) is 5.56 Å². The molecule has 0 unspecified atom stereocenters. The molecule has 3 heteroatoms. The molecule has 3 rings (SSSR count). The van der Waals surface area contributed by atoms with Gasteiger partial charge in [-0.1, -0.05) is 55.8 Å². The predicted molar refractivity (Wildman–Crippen MR) is 105 cm³/mol. The Bertz CT molecular complexity index is 865. The lowest BCUT2D eigenvalue weighted by Gasteiger charge is -2.09. The molecule has 0 radical (unpaired) electrons. The van der Waals surface area contributed by atoms with Crippen molar-refractivity contribution in [3.05, 3.63) is 78.4 Å². The maximum absolute atomic E-state index is 11.0. The van der Waals surface area contributed by atoms with Crippen molar-refractivity contribution in [3.8, 4) is 28.0 Å². The topological polar surface area (TPSA) is 46.5 Å². The molecule has 0 aliphatic rings. The van der Waals surface area contributed by atoms with Gasteiger partial charge in [0.2, 0.25) is 0 Å². The first-order chi connectivity index (χ1) is 12.7. The summed E-state index contributed by atoms with van der Waals surface area (Å²) >= 11 is 0. The number of ether oxygens (including phenoxy) is 1. The van der Waals surface area contributed by atoms with E-state index >= 15 is 0 Å². The minimum Gasteiger partial charge on any atom is -0.494 e. The van der Waals surface area contributed by atoms with Gasteiger partial charge in [0.25, 0.3) is 0 Å². The molecule has 0 amide bonds. The van der Waals surface area contributed by atoms with Gasteiger partial charge in [0, 0.05) is 0 Å². The average molecular weight is 346 g/mol. The Morgan fingerprint density at radius 1 is 0.846 bits per heavy atom. The zero-order valence-corrected chi connectivity index (χ0v) is 14.8. The van der Waals surface area contributed by atoms with E-state index < -0.39 is 5.97 Å². The molecule has 1 N–H and O–H groups in total. The molecule has 0 heterocycles. The van der Waals surface area contributed by atoms with Crippen LogP contribution in [-0.2, 0) is 0 Å². The van der Waals surface area contributed by atoms with Crippen LogP contribution in [0.2, 0.25) is 0 Å². The minimum absolute atomic E-state index is 0.295. The number of unbranched alkanes of at least 4 members (excludes halogenated alkanes) is 1. The fourth-order valence-electron chi connectivity index (χ4n) is 2.76. The molecular weight excluding hydrogens is 324 g/mol. The standard InChI is InChI=1S/C23H22O3/c1-2-3-15-26-22-13-11-18(12-14-22)21-6-4-5-20(16-21)17-7-9-19(10-8-17)23(24)25/h4-14,16H,2-3,15H2,1H3,(H,24,25). The number of carboxylic acids is 1. The number of carboxylic acid groups (broad SMARTS) is 1. The predicted octanol–water partition coefficient (Wildman–Crippen LogP) is 5.90. The maximum Gasteiger partial charge on any atom is 0.335 e. The third kappa shape index (κ3) is 4.31. The van der Waals surface area contributed by atoms with Crippen LogP contribution in [0.3, 0.4) is 0 Å². The molecule has 26 heavy (non-hydrogen) atoms. The van der Waals surface area contributed by atoms with Crippen LogP contribution in [0.4, 0.5) is 0 Å². The smallest absolute Gasteiger partial charge is 0.335 e. The first-order valence-electron chi connectivity index (χ1n) is 8.84. The molecule has 3 nitrogen and oxygen atoms in total. The van der Waals surface area contributed by atoms with E-state index in [-0.39, 0.29) is 0 Å². The zero-order valence-electron chi connectivity index (χ0n) is 14.8. The minimum atomic E-state index is -0.911. The Balaban J connectivity index is 1.79. The highest BCUT2D eigenvalue weighted by Gasteiger charge is 2.05. The van der Waals surface area contributed by atoms with Crippen LogP contribution in [0.5, 0.6) is 5.75 Å². The Kier molecular flexibility index (Phi) is 5.69. The van der Waals surface area contributed by atoms with Crippen molar-refractivity contribution < 1.29 is 14.6 Å². The molecule has 0 fully saturated rings. The second-order valence-corrected chi connectivity index (χ2v) is 6.19. The van der Waals surface area contributed by atoms with Crippen molar-refractivity contribution in [2.75, 3.05) is 6.61 Å². The summed E-state index contributed by atoms with van der Waals surface area (Å²) < 4.78 is 5.71. The summed E-state index contributed by atoms with van der Waals surface area (Å²) in [5, 5.41) is 9.02. The monoisotopic (exact) mass is 346 g/mol. The van der Waals surface area contributed by atoms with Gasteiger partial charge < -0.3 is 9.84 Å². The van der Waals surface area contributed by atoms with Crippen LogP contribution < -0.4 is 4.74 Å². The number of hydrogen-bond acceptors (Lipinski definition) is 2. The van der Waals surface area contributed by atoms with Gasteiger partial charge in [0.1, 0.15) is 5.75 Å². The molecule has 0 aliphatic heterocycles. The molecular formula is C23H22O3. The van der Waals surface area contributed by atoms with Crippen LogP contribution in [-0.4, -0.2) is 17.7 Å². The lowest BCUT2D eigenvalue weighted by Crippen LogP contribution is -1.96. The van der Waals surface area contributed by atoms with Gasteiger partial charge in [0.15, 0.2) is 0 Å². The molecule has 0 saturated heterocycles. The van der Waals surface area contributed by atoms with Crippen LogP contribution in [0, 0.1) is 0 Å². The summed E-state index contributed by atoms with van der Waals surface area (Å²) in [6, 6.07) is 23.3. The molecule has 3 aromatic carbocycles. The van der Waals surface area contributed by atoms with Crippen molar-refractivity contribution in [2.45, 2.75) is 19.8 Å². The highest BCUT2D eigenvalue weighted by atomic mass is 16.5. The first-order valence-corrected chi connectivity index (χ1v) is 8.84. The van der Waals surface area contributed by atoms with Crippen molar-refractivity contribution in [1.29, 1.82) is 0 Å². The first kappa shape index (κ1) is 17.7. The quantitative estimate of drug-likeness (QED) is 0.542. The van der Waals surface area contributed by atoms with Crippen LogP contribution >= 0.6 is 0 Å². The summed E-state index contributed by atoms with van der Waals surface area (Å²) in [6.45, 7) is 2.90. The van der Waals surface area contributed by atoms with Crippen LogP contribution in [0.15, 0.2) is 72.8 Å². The largest absolute Gasteiger partial charge is 0.494 e. The summed E-state index contributed by atoms with van der Waals surface area (Å²) in [5.41, 5.74) is 4.59. The molecule has 3 aromatic rings. The molecule has 0 bridgehead atoms. The van der Waals surface area contributed by atoms with E-state index in [1.54, 1.807) is 12.1 Å². The Hall–Kier alpha value is -3.07. The van der Waals surface area contributed by atoms with Crippen molar-refractivity contribution in [1.82, 2.24) is 0 Å².